The van der Waals surface area contributed by atoms with E-state index in [4.69, 9.17) is 9.47 Å². The zero-order valence-corrected chi connectivity index (χ0v) is 11.8. The lowest BCUT2D eigenvalue weighted by Gasteiger charge is -2.07. The first kappa shape index (κ1) is 15.9. The van der Waals surface area contributed by atoms with E-state index in [1.54, 1.807) is 13.8 Å². The zero-order chi connectivity index (χ0) is 15.1. The molecule has 0 aliphatic heterocycles. The predicted octanol–water partition coefficient (Wildman–Crippen LogP) is 0.751. The fourth-order valence-corrected chi connectivity index (χ4v) is 1.55. The van der Waals surface area contributed by atoms with Gasteiger partial charge < -0.3 is 14.5 Å². The number of rotatable bonds is 6. The Hall–Kier alpha value is -2.18. The van der Waals surface area contributed by atoms with Crippen LogP contribution >= 0.6 is 0 Å². The summed E-state index contributed by atoms with van der Waals surface area (Å²) in [7, 11) is 0. The van der Waals surface area contributed by atoms with Gasteiger partial charge in [-0.05, 0) is 20.8 Å². The SMILES string of the molecule is CCOC(=O)CCc1nc(C(=O)OCC)c(C)c(=O)[nH]1. The number of hydrogen-bond donors (Lipinski definition) is 1. The van der Waals surface area contributed by atoms with E-state index in [-0.39, 0.29) is 42.5 Å². The highest BCUT2D eigenvalue weighted by Crippen LogP contribution is 2.04. The molecule has 1 aromatic rings. The molecular weight excluding hydrogens is 264 g/mol. The normalized spacial score (nSPS) is 10.2. The molecule has 1 N–H and O–H groups in total. The third-order valence-corrected chi connectivity index (χ3v) is 2.54. The van der Waals surface area contributed by atoms with Crippen molar-refractivity contribution in [3.8, 4) is 0 Å². The third-order valence-electron chi connectivity index (χ3n) is 2.54. The van der Waals surface area contributed by atoms with Crippen molar-refractivity contribution >= 4 is 11.9 Å². The van der Waals surface area contributed by atoms with Gasteiger partial charge in [0.25, 0.3) is 5.56 Å². The molecule has 0 saturated heterocycles. The van der Waals surface area contributed by atoms with Gasteiger partial charge in [0.05, 0.1) is 19.6 Å². The number of carbonyl (C=O) groups excluding carboxylic acids is 2. The summed E-state index contributed by atoms with van der Waals surface area (Å²) < 4.78 is 9.62. The number of hydrogen-bond acceptors (Lipinski definition) is 6. The van der Waals surface area contributed by atoms with Crippen molar-refractivity contribution in [1.29, 1.82) is 0 Å². The highest BCUT2D eigenvalue weighted by atomic mass is 16.5. The average Bonchev–Trinajstić information content (AvgIpc) is 2.40. The molecule has 1 aromatic heterocycles. The number of H-pyrrole nitrogens is 1. The smallest absolute Gasteiger partial charge is 0.357 e. The van der Waals surface area contributed by atoms with Gasteiger partial charge >= 0.3 is 11.9 Å². The first-order valence-corrected chi connectivity index (χ1v) is 6.42. The maximum absolute atomic E-state index is 11.7. The van der Waals surface area contributed by atoms with Crippen LogP contribution in [-0.4, -0.2) is 35.1 Å². The Morgan fingerprint density at radius 1 is 1.20 bits per heavy atom. The van der Waals surface area contributed by atoms with Crippen molar-refractivity contribution < 1.29 is 19.1 Å². The quantitative estimate of drug-likeness (QED) is 0.773. The molecular formula is C13H18N2O5. The number of ether oxygens (including phenoxy) is 2. The molecule has 7 nitrogen and oxygen atoms in total. The van der Waals surface area contributed by atoms with Crippen LogP contribution in [0, 0.1) is 6.92 Å². The van der Waals surface area contributed by atoms with E-state index in [0.717, 1.165) is 0 Å². The summed E-state index contributed by atoms with van der Waals surface area (Å²) in [5, 5.41) is 0. The van der Waals surface area contributed by atoms with E-state index in [1.807, 2.05) is 0 Å². The molecule has 0 aliphatic rings. The van der Waals surface area contributed by atoms with Crippen molar-refractivity contribution in [3.05, 3.63) is 27.4 Å². The third kappa shape index (κ3) is 4.18. The minimum absolute atomic E-state index is 0.0190. The molecule has 0 unspecified atom stereocenters. The monoisotopic (exact) mass is 282 g/mol. The van der Waals surface area contributed by atoms with Crippen LogP contribution in [-0.2, 0) is 20.7 Å². The fraction of sp³-hybridized carbons (Fsp3) is 0.538. The molecule has 0 bridgehead atoms. The molecule has 0 aromatic carbocycles. The first-order valence-electron chi connectivity index (χ1n) is 6.42. The summed E-state index contributed by atoms with van der Waals surface area (Å²) in [6.45, 7) is 5.37. The molecule has 110 valence electrons. The summed E-state index contributed by atoms with van der Waals surface area (Å²) >= 11 is 0. The minimum Gasteiger partial charge on any atom is -0.466 e. The van der Waals surface area contributed by atoms with Crippen molar-refractivity contribution in [2.45, 2.75) is 33.6 Å². The molecule has 0 spiro atoms. The Morgan fingerprint density at radius 2 is 1.85 bits per heavy atom. The van der Waals surface area contributed by atoms with E-state index >= 15 is 0 Å². The van der Waals surface area contributed by atoms with Crippen LogP contribution in [0.15, 0.2) is 4.79 Å². The van der Waals surface area contributed by atoms with Crippen LogP contribution in [0.25, 0.3) is 0 Å². The zero-order valence-electron chi connectivity index (χ0n) is 11.8. The Bertz CT molecular complexity index is 550. The number of nitrogens with one attached hydrogen (secondary N) is 1. The maximum Gasteiger partial charge on any atom is 0.357 e. The number of aryl methyl sites for hydroxylation is 1. The van der Waals surface area contributed by atoms with E-state index in [0.29, 0.717) is 6.61 Å². The second kappa shape index (κ2) is 7.42. The van der Waals surface area contributed by atoms with E-state index in [1.165, 1.54) is 6.92 Å². The Balaban J connectivity index is 2.91. The van der Waals surface area contributed by atoms with Crippen LogP contribution in [0.2, 0.25) is 0 Å². The molecule has 1 rings (SSSR count). The number of esters is 2. The standard InChI is InChI=1S/C13H18N2O5/c1-4-19-10(16)7-6-9-14-11(13(18)20-5-2)8(3)12(17)15-9/h4-7H2,1-3H3,(H,14,15,17). The molecule has 0 amide bonds. The van der Waals surface area contributed by atoms with Crippen molar-refractivity contribution in [2.75, 3.05) is 13.2 Å². The lowest BCUT2D eigenvalue weighted by Crippen LogP contribution is -2.22. The highest BCUT2D eigenvalue weighted by Gasteiger charge is 2.16. The first-order chi connectivity index (χ1) is 9.49. The van der Waals surface area contributed by atoms with E-state index in [9.17, 15) is 14.4 Å². The van der Waals surface area contributed by atoms with Crippen molar-refractivity contribution in [1.82, 2.24) is 9.97 Å². The molecule has 0 radical (unpaired) electrons. The van der Waals surface area contributed by atoms with Gasteiger partial charge in [-0.15, -0.1) is 0 Å². The van der Waals surface area contributed by atoms with Gasteiger partial charge in [-0.25, -0.2) is 9.78 Å². The topological polar surface area (TPSA) is 98.3 Å². The lowest BCUT2D eigenvalue weighted by atomic mass is 10.2. The van der Waals surface area contributed by atoms with Crippen LogP contribution in [0.3, 0.4) is 0 Å². The van der Waals surface area contributed by atoms with E-state index < -0.39 is 11.5 Å². The van der Waals surface area contributed by atoms with Crippen LogP contribution in [0.5, 0.6) is 0 Å². The lowest BCUT2D eigenvalue weighted by molar-refractivity contribution is -0.143. The summed E-state index contributed by atoms with van der Waals surface area (Å²) in [6.07, 6.45) is 0.281. The highest BCUT2D eigenvalue weighted by molar-refractivity contribution is 5.88. The molecule has 0 saturated carbocycles. The molecule has 1 heterocycles. The van der Waals surface area contributed by atoms with Crippen molar-refractivity contribution in [2.24, 2.45) is 0 Å². The molecule has 0 aliphatic carbocycles. The molecule has 20 heavy (non-hydrogen) atoms. The number of aromatic amines is 1. The Kier molecular flexibility index (Phi) is 5.89. The summed E-state index contributed by atoms with van der Waals surface area (Å²) in [5.74, 6) is -0.765. The summed E-state index contributed by atoms with van der Waals surface area (Å²) in [4.78, 5) is 41.2. The molecule has 0 fully saturated rings. The second-order valence-corrected chi connectivity index (χ2v) is 4.01. The van der Waals surface area contributed by atoms with Gasteiger partial charge in [-0.1, -0.05) is 0 Å². The van der Waals surface area contributed by atoms with Crippen LogP contribution in [0.1, 0.15) is 42.1 Å². The van der Waals surface area contributed by atoms with Gasteiger partial charge in [0.2, 0.25) is 0 Å². The number of aromatic nitrogens is 2. The molecule has 0 atom stereocenters. The Labute approximate surface area is 116 Å². The van der Waals surface area contributed by atoms with Crippen LogP contribution < -0.4 is 5.56 Å². The van der Waals surface area contributed by atoms with Gasteiger partial charge in [-0.2, -0.15) is 0 Å². The maximum atomic E-state index is 11.7. The number of carbonyl (C=O) groups is 2. The fourth-order valence-electron chi connectivity index (χ4n) is 1.55. The molecule has 7 heteroatoms. The van der Waals surface area contributed by atoms with E-state index in [2.05, 4.69) is 9.97 Å². The van der Waals surface area contributed by atoms with Crippen LogP contribution in [0.4, 0.5) is 0 Å². The summed E-state index contributed by atoms with van der Waals surface area (Å²) in [6, 6.07) is 0. The number of nitrogens with zero attached hydrogens (tertiary/aromatic N) is 1. The predicted molar refractivity (Wildman–Crippen MR) is 70.5 cm³/mol. The second-order valence-electron chi connectivity index (χ2n) is 4.01. The largest absolute Gasteiger partial charge is 0.466 e. The van der Waals surface area contributed by atoms with Gasteiger partial charge in [0.1, 0.15) is 5.82 Å². The van der Waals surface area contributed by atoms with Gasteiger partial charge in [0.15, 0.2) is 5.69 Å². The Morgan fingerprint density at radius 3 is 2.45 bits per heavy atom. The van der Waals surface area contributed by atoms with Gasteiger partial charge in [-0.3, -0.25) is 9.59 Å². The minimum atomic E-state index is -0.645. The average molecular weight is 282 g/mol. The van der Waals surface area contributed by atoms with Gasteiger partial charge in [0, 0.05) is 12.0 Å². The van der Waals surface area contributed by atoms with Crippen molar-refractivity contribution in [3.63, 3.8) is 0 Å². The summed E-state index contributed by atoms with van der Waals surface area (Å²) in [5.41, 5.74) is -0.236.